The summed E-state index contributed by atoms with van der Waals surface area (Å²) in [7, 11) is 0. The number of rotatable bonds is 0. The predicted octanol–water partition coefficient (Wildman–Crippen LogP) is 10.4. The van der Waals surface area contributed by atoms with Gasteiger partial charge in [-0.15, -0.1) is 0 Å². The molecule has 0 saturated heterocycles. The number of fused-ring (bicyclic) bond motifs is 3. The third kappa shape index (κ3) is 4.27. The molecule has 0 N–H and O–H groups in total. The van der Waals surface area contributed by atoms with Crippen molar-refractivity contribution in [1.29, 1.82) is 0 Å². The van der Waals surface area contributed by atoms with Gasteiger partial charge in [0.1, 0.15) is 0 Å². The Labute approximate surface area is 241 Å². The van der Waals surface area contributed by atoms with Crippen LogP contribution in [0.1, 0.15) is 22.3 Å². The van der Waals surface area contributed by atoms with Gasteiger partial charge in [0.2, 0.25) is 0 Å². The van der Waals surface area contributed by atoms with Crippen LogP contribution < -0.4 is 0 Å². The van der Waals surface area contributed by atoms with Crippen LogP contribution in [0, 0.1) is 23.7 Å². The fraction of sp³-hybridized carbons (Fsp3) is 0. The summed E-state index contributed by atoms with van der Waals surface area (Å²) in [6.07, 6.45) is 0. The zero-order valence-electron chi connectivity index (χ0n) is 19.7. The van der Waals surface area contributed by atoms with Crippen molar-refractivity contribution < 1.29 is 0 Å². The van der Waals surface area contributed by atoms with E-state index in [1.807, 2.05) is 97.1 Å². The van der Waals surface area contributed by atoms with Gasteiger partial charge in [-0.25, -0.2) is 0 Å². The molecule has 0 amide bonds. The van der Waals surface area contributed by atoms with Gasteiger partial charge in [-0.2, -0.15) is 0 Å². The predicted molar refractivity (Wildman–Crippen MR) is 161 cm³/mol. The quantitative estimate of drug-likeness (QED) is 0.161. The van der Waals surface area contributed by atoms with Gasteiger partial charge in [-0.05, 0) is 17.2 Å². The van der Waals surface area contributed by atoms with E-state index in [0.29, 0.717) is 31.2 Å². The monoisotopic (exact) mass is 564 g/mol. The Bertz CT molecular complexity index is 1670. The molecule has 0 aliphatic heterocycles. The van der Waals surface area contributed by atoms with Crippen LogP contribution in [-0.4, -0.2) is 0 Å². The van der Waals surface area contributed by atoms with Gasteiger partial charge in [-0.1, -0.05) is 161 Å². The summed E-state index contributed by atoms with van der Waals surface area (Å²) in [4.78, 5) is 0. The van der Waals surface area contributed by atoms with Crippen LogP contribution in [-0.2, 0) is 0 Å². The number of hydrogen-bond acceptors (Lipinski definition) is 0. The van der Waals surface area contributed by atoms with Crippen LogP contribution in [0.3, 0.4) is 0 Å². The summed E-state index contributed by atoms with van der Waals surface area (Å²) in [6.45, 7) is 0. The fourth-order valence-corrected chi connectivity index (χ4v) is 5.92. The molecule has 0 unspecified atom stereocenters. The molecule has 0 nitrogen and oxygen atoms in total. The lowest BCUT2D eigenvalue weighted by molar-refractivity contribution is 1.76. The number of hydrogen-bond donors (Lipinski definition) is 0. The minimum Gasteiger partial charge on any atom is -0.0822 e. The third-order valence-electron chi connectivity index (χ3n) is 6.45. The Hall–Kier alpha value is -3.62. The fourth-order valence-electron chi connectivity index (χ4n) is 4.59. The maximum absolute atomic E-state index is 6.69. The number of halogens is 4. The molecule has 4 heteroatoms. The van der Waals surface area contributed by atoms with Gasteiger partial charge in [0.25, 0.3) is 0 Å². The van der Waals surface area contributed by atoms with Crippen molar-refractivity contribution in [3.63, 3.8) is 0 Å². The second-order valence-corrected chi connectivity index (χ2v) is 10.2. The first-order valence-corrected chi connectivity index (χ1v) is 13.3. The molecule has 0 saturated carbocycles. The molecule has 180 valence electrons. The first-order valence-electron chi connectivity index (χ1n) is 11.8. The normalized spacial score (nSPS) is 10.7. The van der Waals surface area contributed by atoms with Crippen molar-refractivity contribution in [2.24, 2.45) is 0 Å². The molecule has 0 radical (unpaired) electrons. The molecule has 0 fully saturated rings. The smallest absolute Gasteiger partial charge is 0.0656 e. The SMILES string of the molecule is Clc1c2cccccc-2c(Cl)c1C#Cc1cc(C#Cc2c(Cl)c3cccccc-3c2Cl)c2cccccc1-2. The maximum atomic E-state index is 6.69. The van der Waals surface area contributed by atoms with Crippen molar-refractivity contribution >= 4 is 46.4 Å². The lowest BCUT2D eigenvalue weighted by Crippen LogP contribution is -1.76. The summed E-state index contributed by atoms with van der Waals surface area (Å²) in [5.74, 6) is 13.0. The van der Waals surface area contributed by atoms with Gasteiger partial charge in [0, 0.05) is 33.4 Å². The molecule has 0 atom stereocenters. The van der Waals surface area contributed by atoms with Gasteiger partial charge in [0.05, 0.1) is 31.2 Å². The molecule has 6 aliphatic carbocycles. The molecule has 0 aromatic rings. The van der Waals surface area contributed by atoms with E-state index in [-0.39, 0.29) is 0 Å². The molecule has 6 aliphatic rings. The van der Waals surface area contributed by atoms with Crippen molar-refractivity contribution in [2.75, 3.05) is 0 Å². The van der Waals surface area contributed by atoms with Crippen LogP contribution in [0.4, 0.5) is 0 Å². The zero-order valence-corrected chi connectivity index (χ0v) is 22.8. The van der Waals surface area contributed by atoms with Crippen LogP contribution >= 0.6 is 46.4 Å². The minimum atomic E-state index is 0.552. The van der Waals surface area contributed by atoms with E-state index in [0.717, 1.165) is 44.5 Å². The lowest BCUT2D eigenvalue weighted by atomic mass is 10.1. The Balaban J connectivity index is 1.48. The van der Waals surface area contributed by atoms with E-state index >= 15 is 0 Å². The van der Waals surface area contributed by atoms with Gasteiger partial charge < -0.3 is 0 Å². The van der Waals surface area contributed by atoms with E-state index in [2.05, 4.69) is 23.7 Å². The van der Waals surface area contributed by atoms with Crippen molar-refractivity contribution in [2.45, 2.75) is 0 Å². The average Bonchev–Trinajstić information content (AvgIpc) is 3.22. The van der Waals surface area contributed by atoms with Crippen molar-refractivity contribution in [3.8, 4) is 57.1 Å². The van der Waals surface area contributed by atoms with Crippen molar-refractivity contribution in [3.05, 3.63) is 139 Å². The Kier molecular flexibility index (Phi) is 6.68. The summed E-state index contributed by atoms with van der Waals surface area (Å²) in [5, 5.41) is 2.21. The first kappa shape index (κ1) is 24.7. The maximum Gasteiger partial charge on any atom is 0.0656 e. The largest absolute Gasteiger partial charge is 0.0822 e. The second-order valence-electron chi connectivity index (χ2n) is 8.69. The third-order valence-corrected chi connectivity index (χ3v) is 8.02. The summed E-state index contributed by atoms with van der Waals surface area (Å²) < 4.78 is 0. The molecule has 0 bridgehead atoms. The highest BCUT2D eigenvalue weighted by atomic mass is 35.5. The van der Waals surface area contributed by atoms with Gasteiger partial charge >= 0.3 is 0 Å². The van der Waals surface area contributed by atoms with Crippen molar-refractivity contribution in [1.82, 2.24) is 0 Å². The molecule has 0 aromatic heterocycles. The van der Waals surface area contributed by atoms with Crippen LogP contribution in [0.5, 0.6) is 0 Å². The molecule has 6 rings (SSSR count). The summed E-state index contributed by atoms with van der Waals surface area (Å²) >= 11 is 26.7. The van der Waals surface area contributed by atoms with Crippen LogP contribution in [0.15, 0.2) is 97.1 Å². The molecule has 38 heavy (non-hydrogen) atoms. The van der Waals surface area contributed by atoms with E-state index in [1.165, 1.54) is 0 Å². The summed E-state index contributed by atoms with van der Waals surface area (Å²) in [5.41, 5.74) is 8.37. The standard InChI is InChI=1S/C34H16Cl4/c35-31-25-12-6-2-7-13-26(25)32(36)29(31)18-16-21-20-22(24-11-5-1-4-10-23(21)24)17-19-30-33(37)27-14-8-3-9-15-28(27)34(30)38/h1-15,20H. The van der Waals surface area contributed by atoms with E-state index in [4.69, 9.17) is 46.4 Å². The van der Waals surface area contributed by atoms with E-state index in [1.54, 1.807) is 0 Å². The Morgan fingerprint density at radius 3 is 0.947 bits per heavy atom. The highest BCUT2D eigenvalue weighted by molar-refractivity contribution is 6.43. The summed E-state index contributed by atoms with van der Waals surface area (Å²) in [6, 6.07) is 31.4. The van der Waals surface area contributed by atoms with E-state index < -0.39 is 0 Å². The highest BCUT2D eigenvalue weighted by Crippen LogP contribution is 2.44. The lowest BCUT2D eigenvalue weighted by Gasteiger charge is -1.95. The van der Waals surface area contributed by atoms with Gasteiger partial charge in [0.15, 0.2) is 0 Å². The minimum absolute atomic E-state index is 0.552. The molecular formula is C34H16Cl4. The average molecular weight is 566 g/mol. The highest BCUT2D eigenvalue weighted by Gasteiger charge is 2.20. The molecule has 0 heterocycles. The molecule has 0 aromatic carbocycles. The topological polar surface area (TPSA) is 0 Å². The molecular weight excluding hydrogens is 550 g/mol. The zero-order chi connectivity index (χ0) is 26.2. The Morgan fingerprint density at radius 2 is 0.632 bits per heavy atom. The first-order chi connectivity index (χ1) is 18.5. The van der Waals surface area contributed by atoms with Crippen LogP contribution in [0.2, 0.25) is 20.1 Å². The Morgan fingerprint density at radius 1 is 0.342 bits per heavy atom. The van der Waals surface area contributed by atoms with Crippen LogP contribution in [0.25, 0.3) is 33.4 Å². The second kappa shape index (κ2) is 10.3. The van der Waals surface area contributed by atoms with Gasteiger partial charge in [-0.3, -0.25) is 0 Å². The molecule has 0 spiro atoms. The van der Waals surface area contributed by atoms with E-state index in [9.17, 15) is 0 Å².